The number of aromatic nitrogens is 4. The lowest BCUT2D eigenvalue weighted by atomic mass is 10.1. The maximum absolute atomic E-state index is 12.3. The minimum Gasteiger partial charge on any atom is -0.452 e. The molecule has 0 unspecified atom stereocenters. The summed E-state index contributed by atoms with van der Waals surface area (Å²) in [6, 6.07) is 9.08. The van der Waals surface area contributed by atoms with Gasteiger partial charge in [-0.2, -0.15) is 4.98 Å². The number of aryl methyl sites for hydroxylation is 2. The van der Waals surface area contributed by atoms with E-state index in [-0.39, 0.29) is 5.82 Å². The van der Waals surface area contributed by atoms with Gasteiger partial charge >= 0.3 is 5.97 Å². The van der Waals surface area contributed by atoms with Gasteiger partial charge in [0, 0.05) is 22.0 Å². The van der Waals surface area contributed by atoms with Crippen molar-refractivity contribution in [3.63, 3.8) is 0 Å². The van der Waals surface area contributed by atoms with Crippen molar-refractivity contribution in [2.24, 2.45) is 0 Å². The van der Waals surface area contributed by atoms with Gasteiger partial charge in [-0.1, -0.05) is 29.8 Å². The van der Waals surface area contributed by atoms with Crippen molar-refractivity contribution in [3.8, 4) is 0 Å². The number of ether oxygens (including phenoxy) is 1. The van der Waals surface area contributed by atoms with E-state index in [1.807, 2.05) is 38.1 Å². The van der Waals surface area contributed by atoms with E-state index in [1.54, 1.807) is 13.0 Å². The fourth-order valence-corrected chi connectivity index (χ4v) is 2.62. The van der Waals surface area contributed by atoms with Crippen LogP contribution < -0.4 is 0 Å². The molecular formula is C16H15ClN4O2. The van der Waals surface area contributed by atoms with Crippen molar-refractivity contribution >= 4 is 23.3 Å². The van der Waals surface area contributed by atoms with Crippen LogP contribution in [0.5, 0.6) is 0 Å². The third-order valence-corrected chi connectivity index (χ3v) is 3.77. The lowest BCUT2D eigenvalue weighted by Gasteiger charge is -2.13. The molecule has 0 saturated heterocycles. The van der Waals surface area contributed by atoms with Crippen LogP contribution in [0.15, 0.2) is 30.3 Å². The number of esters is 1. The first-order valence-corrected chi connectivity index (χ1v) is 7.50. The standard InChI is InChI=1S/C16H15ClN4O2/c1-9-8-10(2)21-16(18-9)19-14(20-21)15(22)23-11(3)12-6-4-5-7-13(12)17/h4-8,11H,1-3H3/t11-/m1/s1. The molecule has 0 bridgehead atoms. The minimum absolute atomic E-state index is 0.0231. The average molecular weight is 331 g/mol. The first-order chi connectivity index (χ1) is 11.0. The topological polar surface area (TPSA) is 69.4 Å². The van der Waals surface area contributed by atoms with Crippen molar-refractivity contribution in [1.29, 1.82) is 0 Å². The normalized spacial score (nSPS) is 12.3. The van der Waals surface area contributed by atoms with Crippen LogP contribution in [-0.4, -0.2) is 25.6 Å². The second-order valence-corrected chi connectivity index (χ2v) is 5.66. The zero-order chi connectivity index (χ0) is 16.6. The molecule has 0 spiro atoms. The molecule has 2 aromatic heterocycles. The summed E-state index contributed by atoms with van der Waals surface area (Å²) in [5, 5.41) is 4.70. The quantitative estimate of drug-likeness (QED) is 0.689. The third-order valence-electron chi connectivity index (χ3n) is 3.43. The molecule has 0 saturated carbocycles. The predicted molar refractivity (Wildman–Crippen MR) is 85.5 cm³/mol. The zero-order valence-corrected chi connectivity index (χ0v) is 13.7. The van der Waals surface area contributed by atoms with Gasteiger partial charge < -0.3 is 4.74 Å². The molecule has 0 fully saturated rings. The van der Waals surface area contributed by atoms with E-state index in [1.165, 1.54) is 4.52 Å². The monoisotopic (exact) mass is 330 g/mol. The summed E-state index contributed by atoms with van der Waals surface area (Å²) < 4.78 is 6.93. The van der Waals surface area contributed by atoms with E-state index < -0.39 is 12.1 Å². The van der Waals surface area contributed by atoms with Crippen LogP contribution in [0.25, 0.3) is 5.78 Å². The van der Waals surface area contributed by atoms with Crippen LogP contribution in [0.2, 0.25) is 5.02 Å². The average Bonchev–Trinajstić information content (AvgIpc) is 2.92. The van der Waals surface area contributed by atoms with Gasteiger partial charge in [0.05, 0.1) is 0 Å². The van der Waals surface area contributed by atoms with Gasteiger partial charge in [0.2, 0.25) is 0 Å². The Labute approximate surface area is 138 Å². The number of carbonyl (C=O) groups excluding carboxylic acids is 1. The van der Waals surface area contributed by atoms with Gasteiger partial charge in [0.25, 0.3) is 11.6 Å². The SMILES string of the molecule is Cc1cc(C)n2nc(C(=O)O[C@H](C)c3ccccc3Cl)nc2n1. The Morgan fingerprint density at radius 1 is 1.26 bits per heavy atom. The van der Waals surface area contributed by atoms with Gasteiger partial charge in [-0.15, -0.1) is 5.10 Å². The van der Waals surface area contributed by atoms with Gasteiger partial charge in [-0.25, -0.2) is 14.3 Å². The molecule has 3 aromatic rings. The van der Waals surface area contributed by atoms with E-state index in [4.69, 9.17) is 16.3 Å². The molecule has 6 nitrogen and oxygen atoms in total. The third kappa shape index (κ3) is 3.03. The Kier molecular flexibility index (Phi) is 4.00. The highest BCUT2D eigenvalue weighted by atomic mass is 35.5. The second-order valence-electron chi connectivity index (χ2n) is 5.26. The van der Waals surface area contributed by atoms with Crippen molar-refractivity contribution in [1.82, 2.24) is 19.6 Å². The summed E-state index contributed by atoms with van der Waals surface area (Å²) >= 11 is 6.11. The Morgan fingerprint density at radius 2 is 2.00 bits per heavy atom. The van der Waals surface area contributed by atoms with E-state index in [0.717, 1.165) is 17.0 Å². The van der Waals surface area contributed by atoms with Crippen LogP contribution in [0.4, 0.5) is 0 Å². The van der Waals surface area contributed by atoms with E-state index in [0.29, 0.717) is 10.8 Å². The predicted octanol–water partition coefficient (Wildman–Crippen LogP) is 3.31. The van der Waals surface area contributed by atoms with Crippen molar-refractivity contribution in [3.05, 3.63) is 58.1 Å². The van der Waals surface area contributed by atoms with E-state index >= 15 is 0 Å². The molecule has 0 amide bonds. The van der Waals surface area contributed by atoms with E-state index in [9.17, 15) is 4.79 Å². The molecule has 1 atom stereocenters. The number of hydrogen-bond donors (Lipinski definition) is 0. The van der Waals surface area contributed by atoms with Crippen molar-refractivity contribution < 1.29 is 9.53 Å². The largest absolute Gasteiger partial charge is 0.452 e. The molecule has 0 N–H and O–H groups in total. The van der Waals surface area contributed by atoms with Gasteiger partial charge in [0.15, 0.2) is 0 Å². The van der Waals surface area contributed by atoms with Crippen LogP contribution in [0, 0.1) is 13.8 Å². The maximum Gasteiger partial charge on any atom is 0.378 e. The number of hydrogen-bond acceptors (Lipinski definition) is 5. The molecule has 0 aliphatic heterocycles. The summed E-state index contributed by atoms with van der Waals surface area (Å²) in [4.78, 5) is 20.7. The first kappa shape index (κ1) is 15.4. The number of benzene rings is 1. The smallest absolute Gasteiger partial charge is 0.378 e. The molecule has 23 heavy (non-hydrogen) atoms. The Balaban J connectivity index is 1.86. The van der Waals surface area contributed by atoms with Crippen LogP contribution in [0.3, 0.4) is 0 Å². The molecule has 7 heteroatoms. The number of nitrogens with zero attached hydrogens (tertiary/aromatic N) is 4. The highest BCUT2D eigenvalue weighted by Gasteiger charge is 2.20. The van der Waals surface area contributed by atoms with Crippen LogP contribution >= 0.6 is 11.6 Å². The number of rotatable bonds is 3. The fraction of sp³-hybridized carbons (Fsp3) is 0.250. The summed E-state index contributed by atoms with van der Waals surface area (Å²) in [6.45, 7) is 5.49. The van der Waals surface area contributed by atoms with Crippen molar-refractivity contribution in [2.45, 2.75) is 26.9 Å². The second kappa shape index (κ2) is 5.96. The summed E-state index contributed by atoms with van der Waals surface area (Å²) in [6.07, 6.45) is -0.501. The molecule has 3 rings (SSSR count). The lowest BCUT2D eigenvalue weighted by molar-refractivity contribution is 0.0324. The first-order valence-electron chi connectivity index (χ1n) is 7.12. The molecule has 0 aliphatic rings. The highest BCUT2D eigenvalue weighted by Crippen LogP contribution is 2.25. The van der Waals surface area contributed by atoms with Crippen LogP contribution in [-0.2, 0) is 4.74 Å². The Hall–Kier alpha value is -2.47. The zero-order valence-electron chi connectivity index (χ0n) is 12.9. The fourth-order valence-electron chi connectivity index (χ4n) is 2.33. The number of halogens is 1. The molecule has 2 heterocycles. The van der Waals surface area contributed by atoms with E-state index in [2.05, 4.69) is 15.1 Å². The molecule has 0 radical (unpaired) electrons. The molecular weight excluding hydrogens is 316 g/mol. The van der Waals surface area contributed by atoms with Crippen LogP contribution in [0.1, 0.15) is 40.6 Å². The lowest BCUT2D eigenvalue weighted by Crippen LogP contribution is -2.11. The van der Waals surface area contributed by atoms with Crippen molar-refractivity contribution in [2.75, 3.05) is 0 Å². The van der Waals surface area contributed by atoms with Gasteiger partial charge in [-0.05, 0) is 32.9 Å². The van der Waals surface area contributed by atoms with Gasteiger partial charge in [0.1, 0.15) is 6.10 Å². The number of carbonyl (C=O) groups is 1. The maximum atomic E-state index is 12.3. The Morgan fingerprint density at radius 3 is 2.74 bits per heavy atom. The summed E-state index contributed by atoms with van der Waals surface area (Å²) in [5.41, 5.74) is 2.39. The van der Waals surface area contributed by atoms with Gasteiger partial charge in [-0.3, -0.25) is 0 Å². The highest BCUT2D eigenvalue weighted by molar-refractivity contribution is 6.31. The molecule has 118 valence electrons. The summed E-state index contributed by atoms with van der Waals surface area (Å²) in [5.74, 6) is -0.259. The summed E-state index contributed by atoms with van der Waals surface area (Å²) in [7, 11) is 0. The minimum atomic E-state index is -0.611. The molecule has 0 aliphatic carbocycles. The molecule has 1 aromatic carbocycles. The Bertz CT molecular complexity index is 891. The number of fused-ring (bicyclic) bond motifs is 1.